The molecule has 1 fully saturated rings. The molecule has 1 atom stereocenters. The fraction of sp³-hybridized carbons (Fsp3) is 0.333. The Morgan fingerprint density at radius 1 is 0.857 bits per heavy atom. The molecule has 1 unspecified atom stereocenters. The minimum atomic E-state index is 0.390. The van der Waals surface area contributed by atoms with Crippen molar-refractivity contribution in [1.82, 2.24) is 4.98 Å². The van der Waals surface area contributed by atoms with Crippen LogP contribution < -0.4 is 14.2 Å². The molecule has 1 aliphatic heterocycles. The Hall–Kier alpha value is -4.16. The van der Waals surface area contributed by atoms with E-state index in [-0.39, 0.29) is 0 Å². The van der Waals surface area contributed by atoms with Crippen molar-refractivity contribution in [2.75, 3.05) is 20.7 Å². The first-order valence-electron chi connectivity index (χ1n) is 14.9. The summed E-state index contributed by atoms with van der Waals surface area (Å²) < 4.78 is 18.8. The van der Waals surface area contributed by atoms with Crippen molar-refractivity contribution in [3.63, 3.8) is 0 Å². The summed E-state index contributed by atoms with van der Waals surface area (Å²) in [6, 6.07) is 26.9. The molecule has 0 bridgehead atoms. The Bertz CT molecular complexity index is 1510. The third-order valence-corrected chi connectivity index (χ3v) is 8.68. The van der Waals surface area contributed by atoms with Crippen molar-refractivity contribution in [3.8, 4) is 23.1 Å². The molecular formula is C36H39N2O4+. The fourth-order valence-corrected chi connectivity index (χ4v) is 6.25. The molecule has 216 valence electrons. The van der Waals surface area contributed by atoms with E-state index in [1.165, 1.54) is 22.3 Å². The van der Waals surface area contributed by atoms with Gasteiger partial charge in [0.1, 0.15) is 31.2 Å². The first-order chi connectivity index (χ1) is 20.5. The third-order valence-electron chi connectivity index (χ3n) is 8.68. The van der Waals surface area contributed by atoms with Gasteiger partial charge in [0.15, 0.2) is 11.5 Å². The van der Waals surface area contributed by atoms with Crippen LogP contribution in [0.2, 0.25) is 0 Å². The number of ether oxygens (including phenoxy) is 3. The van der Waals surface area contributed by atoms with Gasteiger partial charge in [-0.05, 0) is 65.8 Å². The zero-order valence-electron chi connectivity index (χ0n) is 24.6. The Balaban J connectivity index is 1.08. The molecule has 0 amide bonds. The molecule has 1 aliphatic carbocycles. The monoisotopic (exact) mass is 563 g/mol. The highest BCUT2D eigenvalue weighted by molar-refractivity contribution is 5.79. The predicted octanol–water partition coefficient (Wildman–Crippen LogP) is 7.39. The lowest BCUT2D eigenvalue weighted by Gasteiger charge is -2.39. The fourth-order valence-electron chi connectivity index (χ4n) is 6.25. The molecule has 0 radical (unpaired) electrons. The first kappa shape index (κ1) is 28.0. The SMILES string of the molecule is COc1cc2c(cc1OCc1ccccc1)C[N+](C)(Cc1ccc(Oc3ccc(C4CCC(=O)CC4)cc3)nc1)CC2. The van der Waals surface area contributed by atoms with Crippen LogP contribution >= 0.6 is 0 Å². The highest BCUT2D eigenvalue weighted by atomic mass is 16.5. The van der Waals surface area contributed by atoms with Gasteiger partial charge in [0, 0.05) is 42.7 Å². The van der Waals surface area contributed by atoms with Crippen LogP contribution in [0.5, 0.6) is 23.1 Å². The van der Waals surface area contributed by atoms with Crippen LogP contribution in [-0.2, 0) is 30.9 Å². The maximum atomic E-state index is 11.6. The van der Waals surface area contributed by atoms with Crippen LogP contribution in [0.4, 0.5) is 0 Å². The van der Waals surface area contributed by atoms with E-state index in [1.54, 1.807) is 7.11 Å². The van der Waals surface area contributed by atoms with Gasteiger partial charge in [-0.1, -0.05) is 42.5 Å². The van der Waals surface area contributed by atoms with E-state index in [0.29, 0.717) is 37.0 Å². The predicted molar refractivity (Wildman–Crippen MR) is 163 cm³/mol. The Labute approximate surface area is 248 Å². The lowest BCUT2D eigenvalue weighted by molar-refractivity contribution is -0.937. The normalized spacial score (nSPS) is 18.8. The number of ketones is 1. The number of aromatic nitrogens is 1. The molecule has 0 N–H and O–H groups in total. The van der Waals surface area contributed by atoms with Gasteiger partial charge in [-0.25, -0.2) is 4.98 Å². The summed E-state index contributed by atoms with van der Waals surface area (Å²) in [4.78, 5) is 16.2. The molecule has 0 spiro atoms. The van der Waals surface area contributed by atoms with E-state index >= 15 is 0 Å². The molecule has 2 aliphatic rings. The van der Waals surface area contributed by atoms with E-state index in [9.17, 15) is 4.79 Å². The second-order valence-corrected chi connectivity index (χ2v) is 11.9. The first-order valence-corrected chi connectivity index (χ1v) is 14.9. The van der Waals surface area contributed by atoms with Crippen LogP contribution in [0.15, 0.2) is 85.1 Å². The maximum absolute atomic E-state index is 11.6. The van der Waals surface area contributed by atoms with Gasteiger partial charge >= 0.3 is 0 Å². The molecule has 0 saturated heterocycles. The average molecular weight is 564 g/mol. The van der Waals surface area contributed by atoms with E-state index in [4.69, 9.17) is 14.2 Å². The Kier molecular flexibility index (Phi) is 8.24. The van der Waals surface area contributed by atoms with Crippen LogP contribution in [0.25, 0.3) is 0 Å². The summed E-state index contributed by atoms with van der Waals surface area (Å²) in [5.41, 5.74) is 6.24. The summed E-state index contributed by atoms with van der Waals surface area (Å²) in [7, 11) is 4.02. The minimum Gasteiger partial charge on any atom is -0.493 e. The molecule has 6 heteroatoms. The summed E-state index contributed by atoms with van der Waals surface area (Å²) >= 11 is 0. The third kappa shape index (κ3) is 6.66. The lowest BCUT2D eigenvalue weighted by Crippen LogP contribution is -2.46. The van der Waals surface area contributed by atoms with Gasteiger partial charge < -0.3 is 18.7 Å². The van der Waals surface area contributed by atoms with Crippen molar-refractivity contribution in [2.24, 2.45) is 0 Å². The van der Waals surface area contributed by atoms with Gasteiger partial charge in [0.05, 0.1) is 20.7 Å². The number of Topliss-reactive ketones (excluding diaryl/α,β-unsaturated/α-hetero) is 1. The molecule has 1 aromatic heterocycles. The number of hydrogen-bond donors (Lipinski definition) is 0. The molecule has 3 aromatic carbocycles. The second kappa shape index (κ2) is 12.4. The maximum Gasteiger partial charge on any atom is 0.219 e. The zero-order valence-corrected chi connectivity index (χ0v) is 24.6. The molecule has 6 nitrogen and oxygen atoms in total. The summed E-state index contributed by atoms with van der Waals surface area (Å²) in [5, 5.41) is 0. The number of carbonyl (C=O) groups is 1. The average Bonchev–Trinajstić information content (AvgIpc) is 3.02. The van der Waals surface area contributed by atoms with Gasteiger partial charge in [-0.3, -0.25) is 4.79 Å². The molecular weight excluding hydrogens is 524 g/mol. The molecule has 2 heterocycles. The van der Waals surface area contributed by atoms with Crippen molar-refractivity contribution in [1.29, 1.82) is 0 Å². The number of quaternary nitrogens is 1. The molecule has 42 heavy (non-hydrogen) atoms. The number of pyridine rings is 1. The Morgan fingerprint density at radius 3 is 2.33 bits per heavy atom. The largest absolute Gasteiger partial charge is 0.493 e. The van der Waals surface area contributed by atoms with Crippen LogP contribution in [0, 0.1) is 0 Å². The Morgan fingerprint density at radius 2 is 1.62 bits per heavy atom. The lowest BCUT2D eigenvalue weighted by atomic mass is 9.83. The van der Waals surface area contributed by atoms with Gasteiger partial charge in [0.2, 0.25) is 5.88 Å². The zero-order chi connectivity index (χ0) is 28.9. The number of carbonyl (C=O) groups excluding carboxylic acids is 1. The summed E-state index contributed by atoms with van der Waals surface area (Å²) in [6.07, 6.45) is 6.21. The summed E-state index contributed by atoms with van der Waals surface area (Å²) in [5.74, 6) is 3.81. The topological polar surface area (TPSA) is 57.7 Å². The number of nitrogens with zero attached hydrogens (tertiary/aromatic N) is 2. The number of methoxy groups -OCH3 is 1. The molecule has 6 rings (SSSR count). The van der Waals surface area contributed by atoms with Crippen molar-refractivity contribution < 1.29 is 23.5 Å². The van der Waals surface area contributed by atoms with Gasteiger partial charge in [-0.15, -0.1) is 0 Å². The van der Waals surface area contributed by atoms with E-state index in [1.807, 2.05) is 42.6 Å². The van der Waals surface area contributed by atoms with Crippen LogP contribution in [0.1, 0.15) is 59.4 Å². The smallest absolute Gasteiger partial charge is 0.219 e. The number of hydrogen-bond acceptors (Lipinski definition) is 5. The number of benzene rings is 3. The second-order valence-electron chi connectivity index (χ2n) is 11.9. The van der Waals surface area contributed by atoms with Crippen LogP contribution in [-0.4, -0.2) is 36.0 Å². The minimum absolute atomic E-state index is 0.390. The number of fused-ring (bicyclic) bond motifs is 1. The highest BCUT2D eigenvalue weighted by Crippen LogP contribution is 2.36. The van der Waals surface area contributed by atoms with Crippen molar-refractivity contribution >= 4 is 5.78 Å². The molecule has 1 saturated carbocycles. The van der Waals surface area contributed by atoms with E-state index in [0.717, 1.165) is 66.2 Å². The van der Waals surface area contributed by atoms with Gasteiger partial charge in [-0.2, -0.15) is 0 Å². The quantitative estimate of drug-likeness (QED) is 0.199. The van der Waals surface area contributed by atoms with Crippen molar-refractivity contribution in [3.05, 3.63) is 113 Å². The van der Waals surface area contributed by atoms with E-state index in [2.05, 4.69) is 54.5 Å². The number of rotatable bonds is 9. The highest BCUT2D eigenvalue weighted by Gasteiger charge is 2.30. The van der Waals surface area contributed by atoms with Crippen molar-refractivity contribution in [2.45, 2.75) is 57.7 Å². The molecule has 4 aromatic rings. The standard InChI is InChI=1S/C36H39N2O4/c1-38(19-18-30-20-34(40-2)35(21-31(30)24-38)41-25-26-6-4-3-5-7-26)23-27-8-17-36(37-22-27)42-33-15-11-29(12-16-33)28-9-13-32(39)14-10-28/h3-8,11-12,15-17,20-22,28H,9-10,13-14,18-19,23-25H2,1-2H3/q+1. The number of likely N-dealkylation sites (N-methyl/N-ethyl adjacent to an activating group) is 1. The van der Waals surface area contributed by atoms with Gasteiger partial charge in [0.25, 0.3) is 0 Å². The van der Waals surface area contributed by atoms with Crippen LogP contribution in [0.3, 0.4) is 0 Å². The summed E-state index contributed by atoms with van der Waals surface area (Å²) in [6.45, 7) is 3.35. The van der Waals surface area contributed by atoms with E-state index < -0.39 is 0 Å².